The quantitative estimate of drug-likeness (QED) is 0.446. The summed E-state index contributed by atoms with van der Waals surface area (Å²) in [6, 6.07) is 8.06. The summed E-state index contributed by atoms with van der Waals surface area (Å²) < 4.78 is 28.8. The van der Waals surface area contributed by atoms with Gasteiger partial charge in [0.05, 0.1) is 12.2 Å². The summed E-state index contributed by atoms with van der Waals surface area (Å²) in [5.74, 6) is 0.323. The summed E-state index contributed by atoms with van der Waals surface area (Å²) in [7, 11) is 0. The third kappa shape index (κ3) is 6.13. The van der Waals surface area contributed by atoms with Gasteiger partial charge in [-0.1, -0.05) is 19.1 Å². The molecule has 2 bridgehead atoms. The number of fused-ring (bicyclic) bond motifs is 5. The van der Waals surface area contributed by atoms with Crippen LogP contribution in [-0.4, -0.2) is 61.9 Å². The summed E-state index contributed by atoms with van der Waals surface area (Å²) in [4.78, 5) is 32.1. The number of rotatable bonds is 1. The van der Waals surface area contributed by atoms with Crippen LogP contribution in [0, 0.1) is 11.7 Å². The van der Waals surface area contributed by atoms with Gasteiger partial charge < -0.3 is 24.3 Å². The molecule has 0 spiro atoms. The Bertz CT molecular complexity index is 1460. The van der Waals surface area contributed by atoms with Crippen molar-refractivity contribution >= 4 is 23.4 Å². The zero-order valence-electron chi connectivity index (χ0n) is 23.1. The normalized spacial score (nSPS) is 17.9. The molecular formula is C29H33FN6O4. The lowest BCUT2D eigenvalue weighted by atomic mass is 9.96. The van der Waals surface area contributed by atoms with Crippen LogP contribution in [0.2, 0.25) is 0 Å². The van der Waals surface area contributed by atoms with Gasteiger partial charge in [-0.15, -0.1) is 10.2 Å². The predicted molar refractivity (Wildman–Crippen MR) is 147 cm³/mol. The van der Waals surface area contributed by atoms with E-state index >= 15 is 4.39 Å². The van der Waals surface area contributed by atoms with Gasteiger partial charge in [0, 0.05) is 31.3 Å². The standard InChI is InChI=1S/C29H33FN6O4/c1-18-10-13-39-24-15-22(30)20(19-8-11-35(12-9-19)28(38)40-29(2,3)4)14-21(24)27(37)33-25-7-5-6-23(32-25)26-34-31-17-36(26)16-18/h5-8,14-15,17-18H,9-13,16H2,1-4H3,(H,32,33,37)/t18-/m0/s1. The van der Waals surface area contributed by atoms with Crippen LogP contribution in [0.4, 0.5) is 15.0 Å². The fourth-order valence-electron chi connectivity index (χ4n) is 4.70. The van der Waals surface area contributed by atoms with Crippen LogP contribution in [0.25, 0.3) is 17.1 Å². The lowest BCUT2D eigenvalue weighted by Gasteiger charge is -2.29. The average Bonchev–Trinajstić information content (AvgIpc) is 3.35. The topological polar surface area (TPSA) is 111 Å². The second-order valence-electron chi connectivity index (χ2n) is 11.1. The smallest absolute Gasteiger partial charge is 0.410 e. The average molecular weight is 549 g/mol. The molecule has 5 rings (SSSR count). The minimum atomic E-state index is -0.603. The molecule has 0 fully saturated rings. The van der Waals surface area contributed by atoms with E-state index < -0.39 is 23.4 Å². The number of carbonyl (C=O) groups excluding carboxylic acids is 2. The van der Waals surface area contributed by atoms with E-state index in [4.69, 9.17) is 9.47 Å². The molecule has 0 radical (unpaired) electrons. The van der Waals surface area contributed by atoms with Crippen LogP contribution in [0.15, 0.2) is 42.7 Å². The van der Waals surface area contributed by atoms with Crippen LogP contribution in [0.1, 0.15) is 56.5 Å². The molecule has 2 amide bonds. The maximum absolute atomic E-state index is 15.4. The highest BCUT2D eigenvalue weighted by molar-refractivity contribution is 6.06. The molecule has 1 aromatic carbocycles. The van der Waals surface area contributed by atoms with Crippen LogP contribution in [-0.2, 0) is 11.3 Å². The van der Waals surface area contributed by atoms with Gasteiger partial charge in [0.15, 0.2) is 5.82 Å². The van der Waals surface area contributed by atoms with Gasteiger partial charge in [-0.2, -0.15) is 0 Å². The number of pyridine rings is 1. The SMILES string of the molecule is C[C@H]1CCOc2cc(F)c(C3=CCN(C(=O)OC(C)(C)C)CC3)cc2C(=O)Nc2cccc(n2)-c2nncn2C1. The lowest BCUT2D eigenvalue weighted by molar-refractivity contribution is 0.0270. The minimum Gasteiger partial charge on any atom is -0.493 e. The summed E-state index contributed by atoms with van der Waals surface area (Å²) in [5, 5.41) is 11.1. The van der Waals surface area contributed by atoms with E-state index in [0.29, 0.717) is 61.0 Å². The first kappa shape index (κ1) is 27.3. The molecule has 1 N–H and O–H groups in total. The Hall–Kier alpha value is -4.28. The number of hydrogen-bond acceptors (Lipinski definition) is 7. The number of anilines is 1. The third-order valence-electron chi connectivity index (χ3n) is 6.73. The van der Waals surface area contributed by atoms with E-state index in [9.17, 15) is 9.59 Å². The molecule has 4 heterocycles. The van der Waals surface area contributed by atoms with Gasteiger partial charge >= 0.3 is 6.09 Å². The van der Waals surface area contributed by atoms with Gasteiger partial charge in [-0.25, -0.2) is 14.2 Å². The van der Waals surface area contributed by atoms with Crippen molar-refractivity contribution in [3.63, 3.8) is 0 Å². The number of nitrogens with zero attached hydrogens (tertiary/aromatic N) is 5. The lowest BCUT2D eigenvalue weighted by Crippen LogP contribution is -2.39. The van der Waals surface area contributed by atoms with Crippen molar-refractivity contribution in [2.24, 2.45) is 5.92 Å². The Balaban J connectivity index is 1.45. The fraction of sp³-hybridized carbons (Fsp3) is 0.414. The number of nitrogens with one attached hydrogen (secondary N) is 1. The predicted octanol–water partition coefficient (Wildman–Crippen LogP) is 5.17. The molecule has 0 aliphatic carbocycles. The van der Waals surface area contributed by atoms with Crippen LogP contribution in [0.3, 0.4) is 0 Å². The number of hydrogen-bond donors (Lipinski definition) is 1. The molecule has 210 valence electrons. The first-order valence-electron chi connectivity index (χ1n) is 13.4. The number of benzene rings is 1. The Labute approximate surface area is 232 Å². The molecule has 0 saturated carbocycles. The molecule has 2 aromatic heterocycles. The number of carbonyl (C=O) groups is 2. The maximum atomic E-state index is 15.4. The summed E-state index contributed by atoms with van der Waals surface area (Å²) in [6.07, 6.45) is 4.12. The Morgan fingerprint density at radius 1 is 1.23 bits per heavy atom. The summed E-state index contributed by atoms with van der Waals surface area (Å²) in [6.45, 7) is 9.12. The van der Waals surface area contributed by atoms with Crippen LogP contribution < -0.4 is 10.1 Å². The van der Waals surface area contributed by atoms with Crippen molar-refractivity contribution in [3.8, 4) is 17.3 Å². The van der Waals surface area contributed by atoms with Crippen molar-refractivity contribution < 1.29 is 23.5 Å². The second kappa shape index (κ2) is 11.1. The van der Waals surface area contributed by atoms with Crippen molar-refractivity contribution in [1.29, 1.82) is 0 Å². The highest BCUT2D eigenvalue weighted by atomic mass is 19.1. The summed E-state index contributed by atoms with van der Waals surface area (Å²) >= 11 is 0. The van der Waals surface area contributed by atoms with E-state index in [2.05, 4.69) is 27.4 Å². The van der Waals surface area contributed by atoms with Crippen molar-refractivity contribution in [3.05, 3.63) is 59.7 Å². The Morgan fingerprint density at radius 2 is 2.05 bits per heavy atom. The first-order valence-corrected chi connectivity index (χ1v) is 13.4. The molecule has 2 aliphatic heterocycles. The van der Waals surface area contributed by atoms with E-state index in [1.165, 1.54) is 12.1 Å². The zero-order valence-corrected chi connectivity index (χ0v) is 23.1. The maximum Gasteiger partial charge on any atom is 0.410 e. The van der Waals surface area contributed by atoms with Crippen molar-refractivity contribution in [2.75, 3.05) is 25.0 Å². The number of ether oxygens (including phenoxy) is 2. The van der Waals surface area contributed by atoms with Crippen LogP contribution in [0.5, 0.6) is 5.75 Å². The zero-order chi connectivity index (χ0) is 28.4. The molecular weight excluding hydrogens is 515 g/mol. The molecule has 11 heteroatoms. The molecule has 10 nitrogen and oxygen atoms in total. The second-order valence-corrected chi connectivity index (χ2v) is 11.1. The van der Waals surface area contributed by atoms with Gasteiger partial charge in [0.2, 0.25) is 0 Å². The van der Waals surface area contributed by atoms with E-state index in [-0.39, 0.29) is 23.8 Å². The van der Waals surface area contributed by atoms with Crippen LogP contribution >= 0.6 is 0 Å². The Kier molecular flexibility index (Phi) is 7.55. The minimum absolute atomic E-state index is 0.163. The van der Waals surface area contributed by atoms with Gasteiger partial charge in [-0.3, -0.25) is 4.79 Å². The summed E-state index contributed by atoms with van der Waals surface area (Å²) in [5.41, 5.74) is 1.18. The highest BCUT2D eigenvalue weighted by Gasteiger charge is 2.26. The number of halogens is 1. The number of amides is 2. The first-order chi connectivity index (χ1) is 19.1. The molecule has 1 atom stereocenters. The molecule has 2 aliphatic rings. The van der Waals surface area contributed by atoms with Gasteiger partial charge in [-0.05, 0) is 63.3 Å². The largest absolute Gasteiger partial charge is 0.493 e. The van der Waals surface area contributed by atoms with Crippen molar-refractivity contribution in [1.82, 2.24) is 24.6 Å². The molecule has 0 saturated heterocycles. The molecule has 0 unspecified atom stereocenters. The highest BCUT2D eigenvalue weighted by Crippen LogP contribution is 2.32. The molecule has 3 aromatic rings. The fourth-order valence-corrected chi connectivity index (χ4v) is 4.70. The number of aromatic nitrogens is 4. The van der Waals surface area contributed by atoms with E-state index in [1.54, 1.807) is 29.4 Å². The Morgan fingerprint density at radius 3 is 2.80 bits per heavy atom. The van der Waals surface area contributed by atoms with E-state index in [0.717, 1.165) is 0 Å². The molecule has 40 heavy (non-hydrogen) atoms. The third-order valence-corrected chi connectivity index (χ3v) is 6.73. The van der Waals surface area contributed by atoms with Gasteiger partial charge in [0.25, 0.3) is 5.91 Å². The van der Waals surface area contributed by atoms with E-state index in [1.807, 2.05) is 31.4 Å². The monoisotopic (exact) mass is 548 g/mol. The van der Waals surface area contributed by atoms with Crippen molar-refractivity contribution in [2.45, 2.75) is 52.7 Å². The van der Waals surface area contributed by atoms with Gasteiger partial charge in [0.1, 0.15) is 35.0 Å².